The van der Waals surface area contributed by atoms with Crippen molar-refractivity contribution >= 4 is 23.0 Å². The van der Waals surface area contributed by atoms with E-state index in [1.807, 2.05) is 0 Å². The van der Waals surface area contributed by atoms with Crippen molar-refractivity contribution in [1.82, 2.24) is 4.98 Å². The van der Waals surface area contributed by atoms with Gasteiger partial charge in [0, 0.05) is 18.3 Å². The lowest BCUT2D eigenvalue weighted by atomic mass is 10.1. The second-order valence-corrected chi connectivity index (χ2v) is 3.94. The van der Waals surface area contributed by atoms with Gasteiger partial charge in [-0.1, -0.05) is 0 Å². The standard InChI is InChI=1S/C12H10FN5O3/c13-9-6-15-4-3-11(9)16-12(19)8-5-7(18(20)21)1-2-10(8)17-14/h1-6,17H,14H2,(H,15,16,19). The second kappa shape index (κ2) is 5.92. The number of hydrazine groups is 1. The Morgan fingerprint density at radius 2 is 2.10 bits per heavy atom. The zero-order chi connectivity index (χ0) is 15.4. The molecule has 0 saturated carbocycles. The van der Waals surface area contributed by atoms with Crippen molar-refractivity contribution in [2.75, 3.05) is 10.7 Å². The van der Waals surface area contributed by atoms with Gasteiger partial charge in [-0.3, -0.25) is 25.7 Å². The van der Waals surface area contributed by atoms with Crippen LogP contribution in [0.5, 0.6) is 0 Å². The van der Waals surface area contributed by atoms with Gasteiger partial charge in [-0.2, -0.15) is 0 Å². The molecule has 2 rings (SSSR count). The average molecular weight is 291 g/mol. The fourth-order valence-electron chi connectivity index (χ4n) is 1.63. The van der Waals surface area contributed by atoms with Gasteiger partial charge in [0.25, 0.3) is 11.6 Å². The molecule has 0 unspecified atom stereocenters. The first-order chi connectivity index (χ1) is 10.0. The molecule has 0 atom stereocenters. The molecule has 4 N–H and O–H groups in total. The minimum Gasteiger partial charge on any atom is -0.323 e. The first kappa shape index (κ1) is 14.3. The van der Waals surface area contributed by atoms with Gasteiger partial charge < -0.3 is 10.7 Å². The van der Waals surface area contributed by atoms with Crippen LogP contribution in [0, 0.1) is 15.9 Å². The van der Waals surface area contributed by atoms with E-state index in [0.717, 1.165) is 12.3 Å². The summed E-state index contributed by atoms with van der Waals surface area (Å²) in [4.78, 5) is 25.7. The Kier molecular flexibility index (Phi) is 4.05. The number of hydrogen-bond acceptors (Lipinski definition) is 6. The van der Waals surface area contributed by atoms with Crippen molar-refractivity contribution in [2.45, 2.75) is 0 Å². The number of nitrogens with zero attached hydrogens (tertiary/aromatic N) is 2. The highest BCUT2D eigenvalue weighted by molar-refractivity contribution is 6.08. The van der Waals surface area contributed by atoms with E-state index in [1.165, 1.54) is 24.4 Å². The van der Waals surface area contributed by atoms with Crippen molar-refractivity contribution < 1.29 is 14.1 Å². The monoisotopic (exact) mass is 291 g/mol. The summed E-state index contributed by atoms with van der Waals surface area (Å²) in [7, 11) is 0. The van der Waals surface area contributed by atoms with Crippen molar-refractivity contribution in [3.63, 3.8) is 0 Å². The molecule has 2 aromatic rings. The van der Waals surface area contributed by atoms with Crippen molar-refractivity contribution in [2.24, 2.45) is 5.84 Å². The third-order valence-corrected chi connectivity index (χ3v) is 2.63. The molecule has 0 aliphatic heterocycles. The molecule has 0 bridgehead atoms. The number of nitrogens with two attached hydrogens (primary N) is 1. The van der Waals surface area contributed by atoms with E-state index in [0.29, 0.717) is 0 Å². The molecular weight excluding hydrogens is 281 g/mol. The first-order valence-electron chi connectivity index (χ1n) is 5.69. The maximum Gasteiger partial charge on any atom is 0.270 e. The third kappa shape index (κ3) is 3.09. The van der Waals surface area contributed by atoms with Crippen molar-refractivity contribution in [3.8, 4) is 0 Å². The minimum absolute atomic E-state index is 0.0806. The van der Waals surface area contributed by atoms with Crippen LogP contribution in [0.1, 0.15) is 10.4 Å². The quantitative estimate of drug-likeness (QED) is 0.447. The Bertz CT molecular complexity index is 707. The number of non-ortho nitro benzene ring substituents is 1. The van der Waals surface area contributed by atoms with Gasteiger partial charge in [-0.25, -0.2) is 4.39 Å². The topological polar surface area (TPSA) is 123 Å². The smallest absolute Gasteiger partial charge is 0.270 e. The molecule has 0 aliphatic carbocycles. The molecule has 108 valence electrons. The molecule has 21 heavy (non-hydrogen) atoms. The molecule has 9 heteroatoms. The zero-order valence-electron chi connectivity index (χ0n) is 10.5. The summed E-state index contributed by atoms with van der Waals surface area (Å²) in [5, 5.41) is 13.0. The Morgan fingerprint density at radius 3 is 2.71 bits per heavy atom. The van der Waals surface area contributed by atoms with Crippen LogP contribution in [-0.4, -0.2) is 15.8 Å². The highest BCUT2D eigenvalue weighted by Gasteiger charge is 2.17. The fraction of sp³-hybridized carbons (Fsp3) is 0. The van der Waals surface area contributed by atoms with Crippen LogP contribution < -0.4 is 16.6 Å². The largest absolute Gasteiger partial charge is 0.323 e. The van der Waals surface area contributed by atoms with E-state index in [-0.39, 0.29) is 22.6 Å². The summed E-state index contributed by atoms with van der Waals surface area (Å²) in [6.07, 6.45) is 2.24. The van der Waals surface area contributed by atoms with Gasteiger partial charge in [-0.15, -0.1) is 0 Å². The first-order valence-corrected chi connectivity index (χ1v) is 5.69. The molecule has 1 amide bonds. The second-order valence-electron chi connectivity index (χ2n) is 3.94. The lowest BCUT2D eigenvalue weighted by molar-refractivity contribution is -0.384. The number of aromatic nitrogens is 1. The minimum atomic E-state index is -0.739. The Balaban J connectivity index is 2.36. The number of rotatable bonds is 4. The highest BCUT2D eigenvalue weighted by Crippen LogP contribution is 2.23. The van der Waals surface area contributed by atoms with E-state index >= 15 is 0 Å². The number of hydrogen-bond donors (Lipinski definition) is 3. The van der Waals surface area contributed by atoms with Gasteiger partial charge in [0.15, 0.2) is 5.82 Å². The molecule has 0 spiro atoms. The number of halogens is 1. The number of pyridine rings is 1. The molecular formula is C12H10FN5O3. The van der Waals surface area contributed by atoms with Crippen LogP contribution in [-0.2, 0) is 0 Å². The number of nitrogens with one attached hydrogen (secondary N) is 2. The van der Waals surface area contributed by atoms with E-state index in [9.17, 15) is 19.3 Å². The van der Waals surface area contributed by atoms with Gasteiger partial charge in [-0.05, 0) is 12.1 Å². The van der Waals surface area contributed by atoms with Crippen molar-refractivity contribution in [3.05, 3.63) is 58.2 Å². The van der Waals surface area contributed by atoms with E-state index < -0.39 is 16.6 Å². The summed E-state index contributed by atoms with van der Waals surface area (Å²) in [5.74, 6) is 3.79. The number of nitro groups is 1. The maximum atomic E-state index is 13.4. The van der Waals surface area contributed by atoms with Gasteiger partial charge >= 0.3 is 0 Å². The predicted octanol–water partition coefficient (Wildman–Crippen LogP) is 1.67. The van der Waals surface area contributed by atoms with Crippen LogP contribution in [0.4, 0.5) is 21.5 Å². The molecule has 8 nitrogen and oxygen atoms in total. The predicted molar refractivity (Wildman–Crippen MR) is 73.1 cm³/mol. The number of benzene rings is 1. The van der Waals surface area contributed by atoms with Crippen LogP contribution in [0.2, 0.25) is 0 Å². The lowest BCUT2D eigenvalue weighted by Crippen LogP contribution is -2.18. The van der Waals surface area contributed by atoms with Crippen molar-refractivity contribution in [1.29, 1.82) is 0 Å². The van der Waals surface area contributed by atoms with E-state index in [4.69, 9.17) is 5.84 Å². The van der Waals surface area contributed by atoms with Gasteiger partial charge in [0.2, 0.25) is 0 Å². The number of amides is 1. The van der Waals surface area contributed by atoms with Crippen LogP contribution in [0.3, 0.4) is 0 Å². The SMILES string of the molecule is NNc1ccc([N+](=O)[O-])cc1C(=O)Nc1ccncc1F. The van der Waals surface area contributed by atoms with Crippen LogP contribution >= 0.6 is 0 Å². The van der Waals surface area contributed by atoms with E-state index in [2.05, 4.69) is 15.7 Å². The zero-order valence-corrected chi connectivity index (χ0v) is 10.5. The molecule has 0 saturated heterocycles. The van der Waals surface area contributed by atoms with Crippen LogP contribution in [0.25, 0.3) is 0 Å². The molecule has 0 aliphatic rings. The molecule has 1 aromatic heterocycles. The molecule has 0 fully saturated rings. The number of nitrogen functional groups attached to an aromatic ring is 1. The highest BCUT2D eigenvalue weighted by atomic mass is 19.1. The summed E-state index contributed by atoms with van der Waals surface area (Å²) >= 11 is 0. The third-order valence-electron chi connectivity index (χ3n) is 2.63. The maximum absolute atomic E-state index is 13.4. The van der Waals surface area contributed by atoms with E-state index in [1.54, 1.807) is 0 Å². The number of carbonyl (C=O) groups excluding carboxylic acids is 1. The number of anilines is 2. The Labute approximate surface area is 117 Å². The normalized spacial score (nSPS) is 10.0. The summed E-state index contributed by atoms with van der Waals surface area (Å²) < 4.78 is 13.4. The number of carbonyl (C=O) groups is 1. The molecule has 1 heterocycles. The fourth-order valence-corrected chi connectivity index (χ4v) is 1.63. The molecule has 0 radical (unpaired) electrons. The summed E-state index contributed by atoms with van der Waals surface area (Å²) in [6, 6.07) is 4.79. The molecule has 1 aromatic carbocycles. The summed E-state index contributed by atoms with van der Waals surface area (Å²) in [6.45, 7) is 0. The summed E-state index contributed by atoms with van der Waals surface area (Å²) in [5.41, 5.74) is 1.97. The lowest BCUT2D eigenvalue weighted by Gasteiger charge is -2.10. The number of nitro benzene ring substituents is 1. The Morgan fingerprint density at radius 1 is 1.33 bits per heavy atom. The van der Waals surface area contributed by atoms with Gasteiger partial charge in [0.05, 0.1) is 28.1 Å². The Hall–Kier alpha value is -3.07. The average Bonchev–Trinajstić information content (AvgIpc) is 2.48. The van der Waals surface area contributed by atoms with Crippen LogP contribution in [0.15, 0.2) is 36.7 Å². The van der Waals surface area contributed by atoms with Gasteiger partial charge in [0.1, 0.15) is 0 Å².